The molecule has 154 valence electrons. The molecule has 0 unspecified atom stereocenters. The largest absolute Gasteiger partial charge is 0.494 e. The second kappa shape index (κ2) is 8.75. The highest BCUT2D eigenvalue weighted by atomic mass is 35.5. The highest BCUT2D eigenvalue weighted by molar-refractivity contribution is 6.34. The van der Waals surface area contributed by atoms with Gasteiger partial charge >= 0.3 is 11.9 Å². The zero-order valence-corrected chi connectivity index (χ0v) is 16.6. The third-order valence-electron chi connectivity index (χ3n) is 3.85. The van der Waals surface area contributed by atoms with E-state index in [9.17, 15) is 19.7 Å². The van der Waals surface area contributed by atoms with Gasteiger partial charge in [0, 0.05) is 30.7 Å². The number of nitro benzene ring substituents is 1. The Morgan fingerprint density at radius 1 is 1.30 bits per heavy atom. The van der Waals surface area contributed by atoms with E-state index in [1.54, 1.807) is 12.1 Å². The average Bonchev–Trinajstić information content (AvgIpc) is 3.04. The number of carbonyl (C=O) groups excluding carboxylic acids is 2. The number of halogens is 1. The molecule has 0 radical (unpaired) electrons. The van der Waals surface area contributed by atoms with Gasteiger partial charge in [-0.15, -0.1) is 0 Å². The molecule has 0 aliphatic carbocycles. The van der Waals surface area contributed by atoms with Crippen LogP contribution < -0.4 is 9.47 Å². The quantitative estimate of drug-likeness (QED) is 0.224. The number of carbonyl (C=O) groups is 2. The molecule has 0 saturated carbocycles. The van der Waals surface area contributed by atoms with Gasteiger partial charge in [0.05, 0.1) is 22.1 Å². The Morgan fingerprint density at radius 3 is 2.73 bits per heavy atom. The van der Waals surface area contributed by atoms with Gasteiger partial charge in [0.1, 0.15) is 11.5 Å². The fraction of sp³-hybridized carbons (Fsp3) is 0.150. The molecule has 9 nitrogen and oxygen atoms in total. The Hall–Kier alpha value is -3.72. The number of hydrogen-bond acceptors (Lipinski definition) is 8. The van der Waals surface area contributed by atoms with Crippen LogP contribution in [0, 0.1) is 10.1 Å². The van der Waals surface area contributed by atoms with Crippen molar-refractivity contribution in [3.8, 4) is 11.5 Å². The van der Waals surface area contributed by atoms with E-state index in [4.69, 9.17) is 25.8 Å². The average molecular weight is 431 g/mol. The number of non-ortho nitro benzene ring substituents is 1. The molecule has 0 saturated heterocycles. The molecular formula is C20H15ClN2O7. The van der Waals surface area contributed by atoms with Crippen LogP contribution in [0.3, 0.4) is 0 Å². The molecule has 2 aromatic rings. The summed E-state index contributed by atoms with van der Waals surface area (Å²) in [5.41, 5.74) is 0.171. The summed E-state index contributed by atoms with van der Waals surface area (Å²) in [6.45, 7) is 3.48. The van der Waals surface area contributed by atoms with Crippen molar-refractivity contribution in [3.05, 3.63) is 68.4 Å². The second-order valence-corrected chi connectivity index (χ2v) is 6.39. The highest BCUT2D eigenvalue weighted by Crippen LogP contribution is 2.30. The molecule has 1 aliphatic heterocycles. The minimum absolute atomic E-state index is 0.0925. The van der Waals surface area contributed by atoms with E-state index in [0.717, 1.165) is 0 Å². The van der Waals surface area contributed by atoms with E-state index < -0.39 is 16.9 Å². The van der Waals surface area contributed by atoms with Gasteiger partial charge in [-0.05, 0) is 31.2 Å². The molecular weight excluding hydrogens is 416 g/mol. The summed E-state index contributed by atoms with van der Waals surface area (Å²) in [6, 6.07) is 8.46. The maximum atomic E-state index is 12.3. The predicted octanol–water partition coefficient (Wildman–Crippen LogP) is 3.92. The number of benzene rings is 2. The van der Waals surface area contributed by atoms with Crippen LogP contribution in [-0.2, 0) is 14.3 Å². The smallest absolute Gasteiger partial charge is 0.363 e. The Kier molecular flexibility index (Phi) is 6.12. The summed E-state index contributed by atoms with van der Waals surface area (Å²) < 4.78 is 15.7. The van der Waals surface area contributed by atoms with Crippen molar-refractivity contribution in [1.29, 1.82) is 0 Å². The first-order chi connectivity index (χ1) is 14.3. The van der Waals surface area contributed by atoms with Gasteiger partial charge in [0.2, 0.25) is 5.90 Å². The van der Waals surface area contributed by atoms with Gasteiger partial charge < -0.3 is 14.2 Å². The Labute approximate surface area is 175 Å². The molecule has 0 N–H and O–H groups in total. The zero-order valence-electron chi connectivity index (χ0n) is 15.9. The minimum Gasteiger partial charge on any atom is -0.494 e. The molecule has 2 aromatic carbocycles. The van der Waals surface area contributed by atoms with Crippen LogP contribution in [0.4, 0.5) is 5.69 Å². The summed E-state index contributed by atoms with van der Waals surface area (Å²) in [6.07, 6.45) is 1.37. The minimum atomic E-state index is -0.782. The van der Waals surface area contributed by atoms with Crippen LogP contribution in [0.5, 0.6) is 11.5 Å². The van der Waals surface area contributed by atoms with E-state index in [1.165, 1.54) is 37.3 Å². The molecule has 3 rings (SSSR count). The highest BCUT2D eigenvalue weighted by Gasteiger charge is 2.27. The van der Waals surface area contributed by atoms with Gasteiger partial charge in [-0.3, -0.25) is 14.9 Å². The predicted molar refractivity (Wildman–Crippen MR) is 108 cm³/mol. The molecule has 1 heterocycles. The number of hydrogen-bond donors (Lipinski definition) is 0. The topological polar surface area (TPSA) is 117 Å². The summed E-state index contributed by atoms with van der Waals surface area (Å²) in [5, 5.41) is 11.1. The maximum Gasteiger partial charge on any atom is 0.363 e. The lowest BCUT2D eigenvalue weighted by molar-refractivity contribution is -0.384. The van der Waals surface area contributed by atoms with Gasteiger partial charge in [0.25, 0.3) is 5.69 Å². The van der Waals surface area contributed by atoms with Crippen LogP contribution >= 0.6 is 11.6 Å². The van der Waals surface area contributed by atoms with Gasteiger partial charge in [-0.2, -0.15) is 0 Å². The van der Waals surface area contributed by atoms with Crippen molar-refractivity contribution in [2.75, 3.05) is 6.61 Å². The zero-order chi connectivity index (χ0) is 21.8. The standard InChI is InChI=1S/C20H15ClN2O7/c1-3-28-14-6-4-12(18(10-14)29-11(2)24)8-17-20(25)30-19(22-17)15-9-13(23(26)27)5-7-16(15)21/h4-10H,3H2,1-2H3. The Morgan fingerprint density at radius 2 is 2.07 bits per heavy atom. The van der Waals surface area contributed by atoms with E-state index in [0.29, 0.717) is 17.9 Å². The SMILES string of the molecule is CCOc1ccc(C=C2N=C(c3cc([N+](=O)[O-])ccc3Cl)OC2=O)c(OC(C)=O)c1. The van der Waals surface area contributed by atoms with Crippen LogP contribution in [-0.4, -0.2) is 29.4 Å². The van der Waals surface area contributed by atoms with Gasteiger partial charge in [-0.1, -0.05) is 11.6 Å². The molecule has 0 spiro atoms. The number of cyclic esters (lactones) is 1. The number of nitrogens with zero attached hydrogens (tertiary/aromatic N) is 2. The van der Waals surface area contributed by atoms with Crippen molar-refractivity contribution in [1.82, 2.24) is 0 Å². The van der Waals surface area contributed by atoms with E-state index in [1.807, 2.05) is 6.92 Å². The third kappa shape index (κ3) is 4.64. The Balaban J connectivity index is 2.01. The lowest BCUT2D eigenvalue weighted by Crippen LogP contribution is -2.07. The molecule has 10 heteroatoms. The molecule has 0 fully saturated rings. The van der Waals surface area contributed by atoms with Crippen molar-refractivity contribution in [3.63, 3.8) is 0 Å². The van der Waals surface area contributed by atoms with Gasteiger partial charge in [-0.25, -0.2) is 9.79 Å². The van der Waals surface area contributed by atoms with Crippen molar-refractivity contribution in [2.45, 2.75) is 13.8 Å². The normalized spacial score (nSPS) is 14.3. The van der Waals surface area contributed by atoms with Crippen molar-refractivity contribution in [2.24, 2.45) is 4.99 Å². The molecule has 1 aliphatic rings. The number of aliphatic imine (C=N–C) groups is 1. The van der Waals surface area contributed by atoms with Crippen LogP contribution in [0.25, 0.3) is 6.08 Å². The number of ether oxygens (including phenoxy) is 3. The van der Waals surface area contributed by atoms with E-state index >= 15 is 0 Å². The fourth-order valence-electron chi connectivity index (χ4n) is 2.60. The third-order valence-corrected chi connectivity index (χ3v) is 4.18. The molecule has 30 heavy (non-hydrogen) atoms. The molecule has 0 atom stereocenters. The van der Waals surface area contributed by atoms with Crippen molar-refractivity contribution >= 4 is 41.2 Å². The lowest BCUT2D eigenvalue weighted by Gasteiger charge is -2.09. The fourth-order valence-corrected chi connectivity index (χ4v) is 2.79. The summed E-state index contributed by atoms with van der Waals surface area (Å²) >= 11 is 6.08. The summed E-state index contributed by atoms with van der Waals surface area (Å²) in [5.74, 6) is -0.844. The molecule has 0 aromatic heterocycles. The van der Waals surface area contributed by atoms with Crippen LogP contribution in [0.15, 0.2) is 47.1 Å². The van der Waals surface area contributed by atoms with Crippen LogP contribution in [0.2, 0.25) is 5.02 Å². The summed E-state index contributed by atoms with van der Waals surface area (Å²) in [7, 11) is 0. The number of rotatable bonds is 6. The first kappa shape index (κ1) is 21.0. The van der Waals surface area contributed by atoms with Crippen LogP contribution in [0.1, 0.15) is 25.0 Å². The summed E-state index contributed by atoms with van der Waals surface area (Å²) in [4.78, 5) is 38.2. The first-order valence-corrected chi connectivity index (χ1v) is 9.08. The Bertz CT molecular complexity index is 1110. The first-order valence-electron chi connectivity index (χ1n) is 8.70. The van der Waals surface area contributed by atoms with Gasteiger partial charge in [0.15, 0.2) is 5.70 Å². The molecule has 0 bridgehead atoms. The monoisotopic (exact) mass is 430 g/mol. The maximum absolute atomic E-state index is 12.3. The lowest BCUT2D eigenvalue weighted by atomic mass is 10.1. The second-order valence-electron chi connectivity index (χ2n) is 5.98. The van der Waals surface area contributed by atoms with Crippen molar-refractivity contribution < 1.29 is 28.7 Å². The number of nitro groups is 1. The molecule has 0 amide bonds. The van der Waals surface area contributed by atoms with E-state index in [-0.39, 0.29) is 33.6 Å². The number of esters is 2. The van der Waals surface area contributed by atoms with E-state index in [2.05, 4.69) is 4.99 Å².